The van der Waals surface area contributed by atoms with Gasteiger partial charge in [-0.1, -0.05) is 44.2 Å². The zero-order valence-corrected chi connectivity index (χ0v) is 17.9. The van der Waals surface area contributed by atoms with E-state index in [9.17, 15) is 18.0 Å². The van der Waals surface area contributed by atoms with Crippen molar-refractivity contribution < 1.29 is 22.7 Å². The second-order valence-electron chi connectivity index (χ2n) is 7.83. The van der Waals surface area contributed by atoms with Crippen molar-refractivity contribution in [2.24, 2.45) is 11.7 Å². The van der Waals surface area contributed by atoms with Crippen molar-refractivity contribution in [2.45, 2.75) is 38.6 Å². The third-order valence-corrected chi connectivity index (χ3v) is 6.78. The first-order valence-corrected chi connectivity index (χ1v) is 11.5. The van der Waals surface area contributed by atoms with E-state index in [4.69, 9.17) is 10.5 Å². The van der Waals surface area contributed by atoms with Crippen LogP contribution in [-0.2, 0) is 30.8 Å². The summed E-state index contributed by atoms with van der Waals surface area (Å²) in [5, 5.41) is 2.76. The van der Waals surface area contributed by atoms with Gasteiger partial charge in [0.1, 0.15) is 5.54 Å². The summed E-state index contributed by atoms with van der Waals surface area (Å²) in [5.74, 6) is -1.35. The highest BCUT2D eigenvalue weighted by Crippen LogP contribution is 2.23. The van der Waals surface area contributed by atoms with Gasteiger partial charge in [0.2, 0.25) is 21.8 Å². The Hall–Kier alpha value is -1.97. The molecule has 1 fully saturated rings. The molecule has 0 bridgehead atoms. The number of nitrogens with two attached hydrogens (primary N) is 1. The Bertz CT molecular complexity index is 792. The molecule has 1 heterocycles. The SMILES string of the molecule is CC(C)C[C@@](Cc1ccccc1)(NC(=O)CCS(=O)(=O)N1CCOCC1)C(N)=O. The highest BCUT2D eigenvalue weighted by Gasteiger charge is 2.39. The number of benzene rings is 1. The quantitative estimate of drug-likeness (QED) is 0.571. The van der Waals surface area contributed by atoms with E-state index in [1.165, 1.54) is 4.31 Å². The van der Waals surface area contributed by atoms with Crippen LogP contribution in [0.2, 0.25) is 0 Å². The van der Waals surface area contributed by atoms with Crippen LogP contribution in [-0.4, -0.2) is 62.1 Å². The fraction of sp³-hybridized carbons (Fsp3) is 0.600. The topological polar surface area (TPSA) is 119 Å². The van der Waals surface area contributed by atoms with Crippen LogP contribution in [0.5, 0.6) is 0 Å². The van der Waals surface area contributed by atoms with Crippen LogP contribution >= 0.6 is 0 Å². The Labute approximate surface area is 172 Å². The van der Waals surface area contributed by atoms with Gasteiger partial charge in [-0.3, -0.25) is 9.59 Å². The van der Waals surface area contributed by atoms with Crippen LogP contribution in [0.25, 0.3) is 0 Å². The maximum Gasteiger partial charge on any atom is 0.243 e. The molecule has 1 saturated heterocycles. The summed E-state index contributed by atoms with van der Waals surface area (Å²) in [6, 6.07) is 9.31. The molecule has 3 N–H and O–H groups in total. The number of ether oxygens (including phenoxy) is 1. The van der Waals surface area contributed by atoms with E-state index in [0.29, 0.717) is 19.6 Å². The maximum atomic E-state index is 12.6. The van der Waals surface area contributed by atoms with Crippen molar-refractivity contribution in [1.29, 1.82) is 0 Å². The largest absolute Gasteiger partial charge is 0.379 e. The molecule has 29 heavy (non-hydrogen) atoms. The van der Waals surface area contributed by atoms with Gasteiger partial charge >= 0.3 is 0 Å². The number of hydrogen-bond acceptors (Lipinski definition) is 5. The Morgan fingerprint density at radius 3 is 2.38 bits per heavy atom. The van der Waals surface area contributed by atoms with Crippen LogP contribution in [0.1, 0.15) is 32.3 Å². The lowest BCUT2D eigenvalue weighted by Crippen LogP contribution is -2.59. The molecule has 2 rings (SSSR count). The number of nitrogens with one attached hydrogen (secondary N) is 1. The van der Waals surface area contributed by atoms with Gasteiger partial charge in [-0.2, -0.15) is 4.31 Å². The number of primary amides is 1. The second-order valence-corrected chi connectivity index (χ2v) is 9.92. The molecule has 2 amide bonds. The van der Waals surface area contributed by atoms with E-state index in [1.54, 1.807) is 0 Å². The van der Waals surface area contributed by atoms with Crippen molar-refractivity contribution in [2.75, 3.05) is 32.1 Å². The first kappa shape index (κ1) is 23.3. The number of carbonyl (C=O) groups is 2. The number of carbonyl (C=O) groups excluding carboxylic acids is 2. The summed E-state index contributed by atoms with van der Waals surface area (Å²) in [4.78, 5) is 25.1. The Morgan fingerprint density at radius 1 is 1.21 bits per heavy atom. The molecular formula is C20H31N3O5S. The standard InChI is InChI=1S/C20H31N3O5S/c1-16(2)14-20(19(21)25,15-17-6-4-3-5-7-17)22-18(24)8-13-29(26,27)23-9-11-28-12-10-23/h3-7,16H,8-15H2,1-2H3,(H2,21,25)(H,22,24)/t20-/m0/s1. The number of hydrogen-bond donors (Lipinski definition) is 2. The van der Waals surface area contributed by atoms with Gasteiger partial charge in [-0.05, 0) is 17.9 Å². The molecule has 0 radical (unpaired) electrons. The number of nitrogens with zero attached hydrogens (tertiary/aromatic N) is 1. The number of morpholine rings is 1. The molecule has 1 aromatic carbocycles. The highest BCUT2D eigenvalue weighted by atomic mass is 32.2. The highest BCUT2D eigenvalue weighted by molar-refractivity contribution is 7.89. The van der Waals surface area contributed by atoms with Crippen LogP contribution in [0.4, 0.5) is 0 Å². The van der Waals surface area contributed by atoms with Crippen molar-refractivity contribution in [3.63, 3.8) is 0 Å². The zero-order valence-electron chi connectivity index (χ0n) is 17.1. The number of amides is 2. The van der Waals surface area contributed by atoms with Crippen molar-refractivity contribution >= 4 is 21.8 Å². The van der Waals surface area contributed by atoms with Gasteiger partial charge in [0.15, 0.2) is 0 Å². The lowest BCUT2D eigenvalue weighted by atomic mass is 9.82. The monoisotopic (exact) mass is 425 g/mol. The van der Waals surface area contributed by atoms with E-state index >= 15 is 0 Å². The van der Waals surface area contributed by atoms with E-state index < -0.39 is 27.4 Å². The molecule has 1 aliphatic heterocycles. The normalized spacial score (nSPS) is 17.6. The van der Waals surface area contributed by atoms with Crippen molar-refractivity contribution in [3.8, 4) is 0 Å². The van der Waals surface area contributed by atoms with Crippen LogP contribution in [0, 0.1) is 5.92 Å². The molecule has 0 saturated carbocycles. The minimum Gasteiger partial charge on any atom is -0.379 e. The molecule has 9 heteroatoms. The summed E-state index contributed by atoms with van der Waals surface area (Å²) in [6.45, 7) is 5.16. The minimum atomic E-state index is -3.56. The van der Waals surface area contributed by atoms with E-state index in [-0.39, 0.29) is 37.6 Å². The van der Waals surface area contributed by atoms with Gasteiger partial charge < -0.3 is 15.8 Å². The maximum absolute atomic E-state index is 12.6. The van der Waals surface area contributed by atoms with Gasteiger partial charge in [-0.25, -0.2) is 8.42 Å². The van der Waals surface area contributed by atoms with E-state index in [0.717, 1.165) is 5.56 Å². The molecule has 1 atom stereocenters. The Kier molecular flexibility index (Phi) is 8.18. The van der Waals surface area contributed by atoms with Crippen molar-refractivity contribution in [3.05, 3.63) is 35.9 Å². The molecule has 0 unspecified atom stereocenters. The summed E-state index contributed by atoms with van der Waals surface area (Å²) in [6.07, 6.45) is 0.379. The lowest BCUT2D eigenvalue weighted by molar-refractivity contribution is -0.132. The summed E-state index contributed by atoms with van der Waals surface area (Å²) in [5.41, 5.74) is 5.32. The number of sulfonamides is 1. The third-order valence-electron chi connectivity index (χ3n) is 4.91. The Balaban J connectivity index is 2.10. The zero-order chi connectivity index (χ0) is 21.5. The predicted octanol–water partition coefficient (Wildman–Crippen LogP) is 0.668. The average molecular weight is 426 g/mol. The van der Waals surface area contributed by atoms with E-state index in [1.807, 2.05) is 44.2 Å². The van der Waals surface area contributed by atoms with Gasteiger partial charge in [-0.15, -0.1) is 0 Å². The molecule has 1 aromatic rings. The van der Waals surface area contributed by atoms with Crippen molar-refractivity contribution in [1.82, 2.24) is 9.62 Å². The molecule has 8 nitrogen and oxygen atoms in total. The Morgan fingerprint density at radius 2 is 1.83 bits per heavy atom. The van der Waals surface area contributed by atoms with Crippen LogP contribution in [0.15, 0.2) is 30.3 Å². The summed E-state index contributed by atoms with van der Waals surface area (Å²) < 4.78 is 31.4. The van der Waals surface area contributed by atoms with E-state index in [2.05, 4.69) is 5.32 Å². The molecular weight excluding hydrogens is 394 g/mol. The smallest absolute Gasteiger partial charge is 0.243 e. The van der Waals surface area contributed by atoms with Gasteiger partial charge in [0.25, 0.3) is 0 Å². The molecule has 162 valence electrons. The lowest BCUT2D eigenvalue weighted by Gasteiger charge is -2.34. The molecule has 0 spiro atoms. The minimum absolute atomic E-state index is 0.101. The fourth-order valence-electron chi connectivity index (χ4n) is 3.56. The summed E-state index contributed by atoms with van der Waals surface area (Å²) >= 11 is 0. The first-order valence-electron chi connectivity index (χ1n) is 9.85. The average Bonchev–Trinajstić information content (AvgIpc) is 2.67. The van der Waals surface area contributed by atoms with Gasteiger partial charge in [0.05, 0.1) is 19.0 Å². The predicted molar refractivity (Wildman–Crippen MR) is 110 cm³/mol. The van der Waals surface area contributed by atoms with Crippen LogP contribution < -0.4 is 11.1 Å². The third kappa shape index (κ3) is 6.80. The van der Waals surface area contributed by atoms with Crippen LogP contribution in [0.3, 0.4) is 0 Å². The fourth-order valence-corrected chi connectivity index (χ4v) is 4.97. The van der Waals surface area contributed by atoms with Gasteiger partial charge in [0, 0.05) is 25.9 Å². The molecule has 0 aliphatic carbocycles. The first-order chi connectivity index (χ1) is 13.6. The molecule has 0 aromatic heterocycles. The number of rotatable bonds is 10. The second kappa shape index (κ2) is 10.2. The molecule has 1 aliphatic rings. The summed E-state index contributed by atoms with van der Waals surface area (Å²) in [7, 11) is -3.56.